The van der Waals surface area contributed by atoms with Gasteiger partial charge in [-0.2, -0.15) is 0 Å². The van der Waals surface area contributed by atoms with Crippen molar-refractivity contribution in [2.24, 2.45) is 0 Å². The summed E-state index contributed by atoms with van der Waals surface area (Å²) in [6, 6.07) is 5.25. The predicted octanol–water partition coefficient (Wildman–Crippen LogP) is 0.186. The average Bonchev–Trinajstić information content (AvgIpc) is 2.48. The Kier molecular flexibility index (Phi) is 5.35. The monoisotopic (exact) mass is 353 g/mol. The lowest BCUT2D eigenvalue weighted by Crippen LogP contribution is -2.34. The van der Waals surface area contributed by atoms with Crippen LogP contribution in [0.15, 0.2) is 29.3 Å². The first kappa shape index (κ1) is 18.1. The second-order valence-corrected chi connectivity index (χ2v) is 7.40. The highest BCUT2D eigenvalue weighted by atomic mass is 32.2. The minimum Gasteiger partial charge on any atom is -0.460 e. The van der Waals surface area contributed by atoms with E-state index in [2.05, 4.69) is 9.71 Å². The maximum Gasteiger partial charge on any atom is 0.326 e. The number of nitrogens with zero attached hydrogens (tertiary/aromatic N) is 2. The SMILES string of the molecule is Cc1cccc2c(=O)n(CC(=O)O[C@H](C)CNS(C)(=O)=O)cnc12. The summed E-state index contributed by atoms with van der Waals surface area (Å²) in [5.74, 6) is -0.645. The van der Waals surface area contributed by atoms with Gasteiger partial charge in [-0.1, -0.05) is 12.1 Å². The molecule has 24 heavy (non-hydrogen) atoms. The molecule has 1 aromatic carbocycles. The lowest BCUT2D eigenvalue weighted by Gasteiger charge is -2.14. The van der Waals surface area contributed by atoms with E-state index >= 15 is 0 Å². The number of sulfonamides is 1. The number of para-hydroxylation sites is 1. The fourth-order valence-electron chi connectivity index (χ4n) is 2.16. The number of ether oxygens (including phenoxy) is 1. The highest BCUT2D eigenvalue weighted by Gasteiger charge is 2.14. The Hall–Kier alpha value is -2.26. The van der Waals surface area contributed by atoms with Gasteiger partial charge < -0.3 is 4.74 Å². The quantitative estimate of drug-likeness (QED) is 0.743. The van der Waals surface area contributed by atoms with E-state index in [0.717, 1.165) is 11.8 Å². The Bertz CT molecular complexity index is 920. The van der Waals surface area contributed by atoms with E-state index in [1.165, 1.54) is 10.9 Å². The van der Waals surface area contributed by atoms with E-state index in [0.29, 0.717) is 10.9 Å². The van der Waals surface area contributed by atoms with Crippen LogP contribution in [0.4, 0.5) is 0 Å². The lowest BCUT2D eigenvalue weighted by molar-refractivity contribution is -0.148. The number of rotatable bonds is 6. The van der Waals surface area contributed by atoms with E-state index in [1.54, 1.807) is 19.1 Å². The van der Waals surface area contributed by atoms with Crippen LogP contribution in [0.5, 0.6) is 0 Å². The van der Waals surface area contributed by atoms with Crippen molar-refractivity contribution in [1.29, 1.82) is 0 Å². The van der Waals surface area contributed by atoms with Crippen LogP contribution in [0, 0.1) is 6.92 Å². The predicted molar refractivity (Wildman–Crippen MR) is 89.1 cm³/mol. The van der Waals surface area contributed by atoms with Crippen LogP contribution in [0.2, 0.25) is 0 Å². The van der Waals surface area contributed by atoms with Crippen molar-refractivity contribution < 1.29 is 17.9 Å². The number of aryl methyl sites for hydroxylation is 1. The molecule has 1 N–H and O–H groups in total. The minimum atomic E-state index is -3.36. The third-order valence-corrected chi connectivity index (χ3v) is 4.01. The fourth-order valence-corrected chi connectivity index (χ4v) is 2.70. The third kappa shape index (κ3) is 4.62. The smallest absolute Gasteiger partial charge is 0.326 e. The molecule has 1 atom stereocenters. The molecule has 0 spiro atoms. The highest BCUT2D eigenvalue weighted by molar-refractivity contribution is 7.88. The molecule has 0 radical (unpaired) electrons. The van der Waals surface area contributed by atoms with Gasteiger partial charge in [0, 0.05) is 6.54 Å². The summed E-state index contributed by atoms with van der Waals surface area (Å²) in [6.45, 7) is 3.08. The van der Waals surface area contributed by atoms with E-state index in [9.17, 15) is 18.0 Å². The molecule has 8 nitrogen and oxygen atoms in total. The Balaban J connectivity index is 2.08. The lowest BCUT2D eigenvalue weighted by atomic mass is 10.1. The molecule has 0 saturated heterocycles. The van der Waals surface area contributed by atoms with Gasteiger partial charge in [-0.3, -0.25) is 14.2 Å². The Labute approximate surface area is 139 Å². The number of nitrogens with one attached hydrogen (secondary N) is 1. The molecule has 2 rings (SSSR count). The van der Waals surface area contributed by atoms with Crippen molar-refractivity contribution in [2.45, 2.75) is 26.5 Å². The van der Waals surface area contributed by atoms with Gasteiger partial charge in [-0.25, -0.2) is 18.1 Å². The molecule has 1 heterocycles. The Morgan fingerprint density at radius 3 is 2.79 bits per heavy atom. The summed E-state index contributed by atoms with van der Waals surface area (Å²) in [5.41, 5.74) is 1.14. The maximum absolute atomic E-state index is 12.4. The molecule has 2 aromatic rings. The first-order valence-corrected chi connectivity index (χ1v) is 9.15. The fraction of sp³-hybridized carbons (Fsp3) is 0.400. The van der Waals surface area contributed by atoms with Crippen LogP contribution in [0.3, 0.4) is 0 Å². The average molecular weight is 353 g/mol. The summed E-state index contributed by atoms with van der Waals surface area (Å²) >= 11 is 0. The molecule has 0 bridgehead atoms. The zero-order valence-electron chi connectivity index (χ0n) is 13.6. The van der Waals surface area contributed by atoms with Crippen LogP contribution >= 0.6 is 0 Å². The summed E-state index contributed by atoms with van der Waals surface area (Å²) in [7, 11) is -3.36. The number of hydrogen-bond donors (Lipinski definition) is 1. The molecule has 0 unspecified atom stereocenters. The topological polar surface area (TPSA) is 107 Å². The molecule has 0 amide bonds. The largest absolute Gasteiger partial charge is 0.460 e. The van der Waals surface area contributed by atoms with Crippen molar-refractivity contribution in [3.63, 3.8) is 0 Å². The molecular weight excluding hydrogens is 334 g/mol. The molecule has 0 fully saturated rings. The number of aromatic nitrogens is 2. The summed E-state index contributed by atoms with van der Waals surface area (Å²) in [4.78, 5) is 28.5. The van der Waals surface area contributed by atoms with Gasteiger partial charge in [0.05, 0.1) is 23.5 Å². The van der Waals surface area contributed by atoms with E-state index in [4.69, 9.17) is 4.74 Å². The molecule has 0 aliphatic heterocycles. The molecule has 0 aliphatic rings. The molecule has 0 aliphatic carbocycles. The Morgan fingerprint density at radius 2 is 2.12 bits per heavy atom. The molecule has 1 aromatic heterocycles. The third-order valence-electron chi connectivity index (χ3n) is 3.32. The first-order chi connectivity index (χ1) is 11.2. The number of hydrogen-bond acceptors (Lipinski definition) is 6. The molecule has 9 heteroatoms. The van der Waals surface area contributed by atoms with Gasteiger partial charge >= 0.3 is 5.97 Å². The summed E-state index contributed by atoms with van der Waals surface area (Å²) < 4.78 is 30.5. The van der Waals surface area contributed by atoms with Gasteiger partial charge in [-0.15, -0.1) is 0 Å². The van der Waals surface area contributed by atoms with E-state index in [-0.39, 0.29) is 18.6 Å². The zero-order valence-corrected chi connectivity index (χ0v) is 14.5. The standard InChI is InChI=1S/C15H19N3O5S/c1-10-5-4-6-12-14(10)16-9-18(15(12)20)8-13(19)23-11(2)7-17-24(3,21)22/h4-6,9,11,17H,7-8H2,1-3H3/t11-/m1/s1. The zero-order chi connectivity index (χ0) is 17.9. The van der Waals surface area contributed by atoms with Gasteiger partial charge in [0.2, 0.25) is 10.0 Å². The minimum absolute atomic E-state index is 0.0331. The maximum atomic E-state index is 12.4. The van der Waals surface area contributed by atoms with Crippen molar-refractivity contribution >= 4 is 26.9 Å². The van der Waals surface area contributed by atoms with Gasteiger partial charge in [0.15, 0.2) is 0 Å². The van der Waals surface area contributed by atoms with Crippen LogP contribution in [-0.4, -0.2) is 42.8 Å². The van der Waals surface area contributed by atoms with Crippen molar-refractivity contribution in [1.82, 2.24) is 14.3 Å². The van der Waals surface area contributed by atoms with Crippen LogP contribution in [0.25, 0.3) is 10.9 Å². The summed E-state index contributed by atoms with van der Waals surface area (Å²) in [6.07, 6.45) is 1.67. The second kappa shape index (κ2) is 7.10. The van der Waals surface area contributed by atoms with Crippen molar-refractivity contribution in [3.05, 3.63) is 40.4 Å². The van der Waals surface area contributed by atoms with Gasteiger partial charge in [0.25, 0.3) is 5.56 Å². The van der Waals surface area contributed by atoms with Crippen LogP contribution in [-0.2, 0) is 26.1 Å². The molecule has 0 saturated carbocycles. The van der Waals surface area contributed by atoms with E-state index in [1.807, 2.05) is 13.0 Å². The number of benzene rings is 1. The number of carbonyl (C=O) groups is 1. The summed E-state index contributed by atoms with van der Waals surface area (Å²) in [5, 5.41) is 0.428. The van der Waals surface area contributed by atoms with Crippen molar-refractivity contribution in [2.75, 3.05) is 12.8 Å². The van der Waals surface area contributed by atoms with Crippen LogP contribution < -0.4 is 10.3 Å². The molecular formula is C15H19N3O5S. The second-order valence-electron chi connectivity index (χ2n) is 5.57. The number of fused-ring (bicyclic) bond motifs is 1. The number of esters is 1. The van der Waals surface area contributed by atoms with Gasteiger partial charge in [-0.05, 0) is 25.5 Å². The van der Waals surface area contributed by atoms with Gasteiger partial charge in [0.1, 0.15) is 12.6 Å². The molecule has 130 valence electrons. The van der Waals surface area contributed by atoms with E-state index < -0.39 is 22.1 Å². The number of carbonyl (C=O) groups excluding carboxylic acids is 1. The Morgan fingerprint density at radius 1 is 1.42 bits per heavy atom. The first-order valence-electron chi connectivity index (χ1n) is 7.26. The van der Waals surface area contributed by atoms with Crippen molar-refractivity contribution in [3.8, 4) is 0 Å². The normalized spacial score (nSPS) is 13.0. The van der Waals surface area contributed by atoms with Crippen LogP contribution in [0.1, 0.15) is 12.5 Å². The highest BCUT2D eigenvalue weighted by Crippen LogP contribution is 2.11.